The third-order valence-corrected chi connectivity index (χ3v) is 6.16. The predicted octanol–water partition coefficient (Wildman–Crippen LogP) is 1.01. The number of sulfonamides is 1. The number of nitrogens with one attached hydrogen (secondary N) is 2. The minimum absolute atomic E-state index is 0. The molecule has 14 heteroatoms. The molecule has 10 nitrogen and oxygen atoms in total. The van der Waals surface area contributed by atoms with E-state index in [1.54, 1.807) is 0 Å². The van der Waals surface area contributed by atoms with E-state index in [4.69, 9.17) is 16.3 Å². The molecule has 0 aliphatic heterocycles. The number of H-pyrrole nitrogens is 1. The van der Waals surface area contributed by atoms with Gasteiger partial charge in [-0.1, -0.05) is 35.5 Å². The van der Waals surface area contributed by atoms with E-state index in [1.165, 1.54) is 43.8 Å². The van der Waals surface area contributed by atoms with Crippen molar-refractivity contribution in [2.75, 3.05) is 19.0 Å². The van der Waals surface area contributed by atoms with E-state index in [-0.39, 0.29) is 79.1 Å². The fourth-order valence-corrected chi connectivity index (χ4v) is 4.51. The van der Waals surface area contributed by atoms with Crippen molar-refractivity contribution in [1.82, 2.24) is 19.9 Å². The van der Waals surface area contributed by atoms with Crippen molar-refractivity contribution >= 4 is 44.3 Å². The number of nitrogens with zero attached hydrogens (tertiary/aromatic N) is 4. The van der Waals surface area contributed by atoms with Crippen LogP contribution in [0.4, 0.5) is 16.0 Å². The number of hydrogen-bond donors (Lipinski definition) is 2. The summed E-state index contributed by atoms with van der Waals surface area (Å²) in [4.78, 5) is 27.0. The Bertz CT molecular complexity index is 1570. The molecule has 0 radical (unpaired) electrons. The summed E-state index contributed by atoms with van der Waals surface area (Å²) in [6.07, 6.45) is 2.69. The number of ether oxygens (including phenoxy) is 1. The molecule has 35 heavy (non-hydrogen) atoms. The second-order valence-electron chi connectivity index (χ2n) is 6.91. The van der Waals surface area contributed by atoms with Crippen LogP contribution in [0, 0.1) is 5.82 Å². The van der Waals surface area contributed by atoms with Gasteiger partial charge in [0.05, 0.1) is 17.7 Å². The van der Waals surface area contributed by atoms with Crippen LogP contribution in [-0.4, -0.2) is 42.0 Å². The molecule has 1 aromatic carbocycles. The van der Waals surface area contributed by atoms with E-state index >= 15 is 4.39 Å². The Labute approximate surface area is 247 Å². The van der Waals surface area contributed by atoms with Crippen molar-refractivity contribution in [2.24, 2.45) is 0 Å². The van der Waals surface area contributed by atoms with Gasteiger partial charge in [-0.3, -0.25) is 4.79 Å². The molecule has 0 fully saturated rings. The zero-order valence-electron chi connectivity index (χ0n) is 18.8. The Kier molecular flexibility index (Phi) is 8.85. The van der Waals surface area contributed by atoms with Gasteiger partial charge >= 0.3 is 51.4 Å². The Morgan fingerprint density at radius 3 is 2.69 bits per heavy atom. The van der Waals surface area contributed by atoms with Crippen molar-refractivity contribution in [3.63, 3.8) is 0 Å². The summed E-state index contributed by atoms with van der Waals surface area (Å²) in [5.74, 6) is -0.913. The van der Waals surface area contributed by atoms with Crippen molar-refractivity contribution in [2.45, 2.75) is 11.8 Å². The first-order valence-electron chi connectivity index (χ1n) is 9.84. The van der Waals surface area contributed by atoms with E-state index in [0.29, 0.717) is 17.9 Å². The zero-order chi connectivity index (χ0) is 24.5. The first-order chi connectivity index (χ1) is 16.2. The molecule has 2 N–H and O–H groups in total. The molecule has 4 aromatic rings. The molecular formula is C21H17ClFKN6O4S. The van der Waals surface area contributed by atoms with Crippen LogP contribution in [0.2, 0.25) is 5.02 Å². The normalized spacial score (nSPS) is 11.1. The molecule has 0 spiro atoms. The van der Waals surface area contributed by atoms with Crippen LogP contribution in [0.1, 0.15) is 6.92 Å². The van der Waals surface area contributed by atoms with Gasteiger partial charge in [-0.25, -0.2) is 22.8 Å². The Morgan fingerprint density at radius 1 is 1.20 bits per heavy atom. The van der Waals surface area contributed by atoms with Gasteiger partial charge in [0.2, 0.25) is 11.8 Å². The maximum Gasteiger partial charge on any atom is 1.00 e. The van der Waals surface area contributed by atoms with Gasteiger partial charge in [0.15, 0.2) is 0 Å². The molecule has 176 valence electrons. The smallest absolute Gasteiger partial charge is 0.570 e. The van der Waals surface area contributed by atoms with Gasteiger partial charge in [-0.2, -0.15) is 4.98 Å². The quantitative estimate of drug-likeness (QED) is 0.330. The first kappa shape index (κ1) is 27.5. The second-order valence-corrected chi connectivity index (χ2v) is 8.91. The Hall–Kier alpha value is -2.13. The van der Waals surface area contributed by atoms with Crippen molar-refractivity contribution in [1.29, 1.82) is 0 Å². The summed E-state index contributed by atoms with van der Waals surface area (Å²) in [5, 5.41) is 3.43. The number of halogens is 2. The third-order valence-electron chi connectivity index (χ3n) is 4.67. The maximum atomic E-state index is 15.4. The number of aromatic amines is 1. The van der Waals surface area contributed by atoms with Gasteiger partial charge in [-0.15, -0.1) is 0 Å². The molecule has 0 saturated heterocycles. The molecule has 0 saturated carbocycles. The van der Waals surface area contributed by atoms with E-state index < -0.39 is 32.0 Å². The molecule has 0 aliphatic rings. The summed E-state index contributed by atoms with van der Waals surface area (Å²) < 4.78 is 49.7. The van der Waals surface area contributed by atoms with Crippen molar-refractivity contribution in [3.05, 3.63) is 68.6 Å². The molecule has 3 aromatic heterocycles. The van der Waals surface area contributed by atoms with Crippen LogP contribution in [0.15, 0.2) is 52.4 Å². The predicted molar refractivity (Wildman–Crippen MR) is 126 cm³/mol. The van der Waals surface area contributed by atoms with E-state index in [1.807, 2.05) is 6.92 Å². The van der Waals surface area contributed by atoms with Gasteiger partial charge in [-0.05, 0) is 19.1 Å². The third kappa shape index (κ3) is 5.82. The molecule has 0 atom stereocenters. The summed E-state index contributed by atoms with van der Waals surface area (Å²) in [6, 6.07) is 6.41. The topological polar surface area (TPSA) is 141 Å². The Balaban J connectivity index is 0.00000342. The van der Waals surface area contributed by atoms with Gasteiger partial charge in [0, 0.05) is 29.9 Å². The van der Waals surface area contributed by atoms with Gasteiger partial charge in [0.1, 0.15) is 26.4 Å². The summed E-state index contributed by atoms with van der Waals surface area (Å²) in [6.45, 7) is 2.47. The minimum atomic E-state index is -4.45. The minimum Gasteiger partial charge on any atom is -0.570 e. The van der Waals surface area contributed by atoms with E-state index in [0.717, 1.165) is 6.07 Å². The largest absolute Gasteiger partial charge is 1.00 e. The molecule has 0 aliphatic carbocycles. The van der Waals surface area contributed by atoms with Crippen LogP contribution >= 0.6 is 11.6 Å². The number of hydrogen-bond acceptors (Lipinski definition) is 8. The molecule has 0 unspecified atom stereocenters. The average molecular weight is 543 g/mol. The van der Waals surface area contributed by atoms with Crippen LogP contribution < -0.4 is 67.0 Å². The number of methoxy groups -OCH3 is 1. The fraction of sp³-hybridized carbons (Fsp3) is 0.143. The summed E-state index contributed by atoms with van der Waals surface area (Å²) in [7, 11) is -3.23. The number of fused-ring (bicyclic) bond motifs is 1. The molecule has 0 bridgehead atoms. The summed E-state index contributed by atoms with van der Waals surface area (Å²) in [5.41, 5.74) is -1.04. The second kappa shape index (κ2) is 11.3. The summed E-state index contributed by atoms with van der Waals surface area (Å²) >= 11 is 5.86. The maximum absolute atomic E-state index is 15.4. The number of rotatable bonds is 7. The zero-order valence-corrected chi connectivity index (χ0v) is 23.5. The molecular weight excluding hydrogens is 526 g/mol. The van der Waals surface area contributed by atoms with Crippen LogP contribution in [0.5, 0.6) is 5.88 Å². The van der Waals surface area contributed by atoms with Crippen molar-refractivity contribution in [3.8, 4) is 17.0 Å². The standard InChI is InChI=1S/C21H17ClFN6O4S.K/c1-3-24-21-26-9-11-7-14(19(30)27-18(11)28-21)13-5-4-6-15(17(13)23)29-34(31,32)16-8-12(22)10-25-20(16)33-2;/h4-10H,3H2,1-2H3,(H2,24,26,27,28,30);/q-1;+1. The van der Waals surface area contributed by atoms with E-state index in [9.17, 15) is 13.2 Å². The first-order valence-corrected chi connectivity index (χ1v) is 11.7. The molecule has 3 heterocycles. The number of benzene rings is 1. The number of aromatic nitrogens is 4. The number of anilines is 1. The molecule has 4 rings (SSSR count). The van der Waals surface area contributed by atoms with Crippen LogP contribution in [0.25, 0.3) is 26.9 Å². The monoisotopic (exact) mass is 542 g/mol. The SMILES string of the molecule is CCNc1ncc2cc(-c3cccc([N-]S(=O)(=O)c4cc(Cl)cnc4OC)c3F)c(=O)[nH]c2n1.[K+]. The van der Waals surface area contributed by atoms with Crippen LogP contribution in [-0.2, 0) is 10.0 Å². The average Bonchev–Trinajstić information content (AvgIpc) is 2.80. The van der Waals surface area contributed by atoms with Gasteiger partial charge < -0.3 is 19.8 Å². The fourth-order valence-electron chi connectivity index (χ4n) is 3.16. The molecule has 0 amide bonds. The van der Waals surface area contributed by atoms with Crippen LogP contribution in [0.3, 0.4) is 0 Å². The Morgan fingerprint density at radius 2 is 1.97 bits per heavy atom. The van der Waals surface area contributed by atoms with E-state index in [2.05, 4.69) is 30.0 Å². The van der Waals surface area contributed by atoms with Gasteiger partial charge in [0.25, 0.3) is 5.56 Å². The number of pyridine rings is 2. The van der Waals surface area contributed by atoms with Crippen molar-refractivity contribution < 1.29 is 68.9 Å².